The number of alkyl halides is 3. The van der Waals surface area contributed by atoms with Gasteiger partial charge in [0.15, 0.2) is 6.10 Å². The van der Waals surface area contributed by atoms with Crippen molar-refractivity contribution >= 4 is 17.6 Å². The van der Waals surface area contributed by atoms with Crippen LogP contribution in [0.1, 0.15) is 17.4 Å². The van der Waals surface area contributed by atoms with E-state index in [-0.39, 0.29) is 0 Å². The van der Waals surface area contributed by atoms with Crippen LogP contribution in [0.3, 0.4) is 0 Å². The van der Waals surface area contributed by atoms with Crippen LogP contribution in [0.2, 0.25) is 0 Å². The fourth-order valence-electron chi connectivity index (χ4n) is 2.38. The van der Waals surface area contributed by atoms with Gasteiger partial charge in [-0.05, 0) is 42.3 Å². The predicted molar refractivity (Wildman–Crippen MR) is 102 cm³/mol. The summed E-state index contributed by atoms with van der Waals surface area (Å²) >= 11 is 0. The van der Waals surface area contributed by atoms with Crippen molar-refractivity contribution in [2.24, 2.45) is 0 Å². The normalized spacial score (nSPS) is 11.8. The number of aromatic amines is 1. The first-order valence-electron chi connectivity index (χ1n) is 8.64. The highest BCUT2D eigenvalue weighted by Gasteiger charge is 2.38. The number of carboxylic acid groups (broad SMARTS) is 1. The monoisotopic (exact) mass is 439 g/mol. The first kappa shape index (κ1) is 23.5. The van der Waals surface area contributed by atoms with Gasteiger partial charge in [-0.3, -0.25) is 9.89 Å². The third-order valence-electron chi connectivity index (χ3n) is 3.97. The fraction of sp³-hybridized carbons (Fsp3) is 0.150. The number of aromatic nitrogens is 2. The molecule has 4 N–H and O–H groups in total. The molecule has 0 aliphatic rings. The molecule has 0 aliphatic carbocycles. The van der Waals surface area contributed by atoms with Gasteiger partial charge >= 0.3 is 12.1 Å². The molecule has 1 heterocycles. The molecule has 1 aromatic heterocycles. The lowest BCUT2D eigenvalue weighted by atomic mass is 10.1. The number of carboxylic acids is 1. The van der Waals surface area contributed by atoms with Crippen LogP contribution in [0.25, 0.3) is 11.1 Å². The smallest absolute Gasteiger partial charge is 0.475 e. The largest absolute Gasteiger partial charge is 0.490 e. The zero-order valence-corrected chi connectivity index (χ0v) is 15.9. The van der Waals surface area contributed by atoms with Crippen molar-refractivity contribution < 1.29 is 37.4 Å². The number of H-pyrrole nitrogens is 1. The van der Waals surface area contributed by atoms with Crippen molar-refractivity contribution in [3.8, 4) is 11.1 Å². The number of rotatable bonds is 4. The quantitative estimate of drug-likeness (QED) is 0.461. The van der Waals surface area contributed by atoms with E-state index in [1.165, 1.54) is 24.3 Å². The van der Waals surface area contributed by atoms with Crippen molar-refractivity contribution in [3.63, 3.8) is 0 Å². The van der Waals surface area contributed by atoms with Crippen molar-refractivity contribution in [1.82, 2.24) is 10.2 Å². The summed E-state index contributed by atoms with van der Waals surface area (Å²) in [5.41, 5.74) is 3.81. The second-order valence-electron chi connectivity index (χ2n) is 6.23. The summed E-state index contributed by atoms with van der Waals surface area (Å²) in [6.07, 6.45) is -4.71. The Hall–Kier alpha value is -3.73. The van der Waals surface area contributed by atoms with E-state index in [4.69, 9.17) is 9.90 Å². The molecule has 7 nitrogen and oxygen atoms in total. The molecular formula is C20H17F4N3O4. The molecule has 0 bridgehead atoms. The highest BCUT2D eigenvalue weighted by atomic mass is 19.4. The third-order valence-corrected chi connectivity index (χ3v) is 3.97. The Balaban J connectivity index is 0.000000423. The number of halogens is 4. The van der Waals surface area contributed by atoms with Gasteiger partial charge in [0.1, 0.15) is 5.82 Å². The predicted octanol–water partition coefficient (Wildman–Crippen LogP) is 3.83. The number of benzene rings is 2. The van der Waals surface area contributed by atoms with E-state index in [2.05, 4.69) is 15.5 Å². The third kappa shape index (κ3) is 6.64. The number of carbonyl (C=O) groups is 2. The molecule has 0 aliphatic heterocycles. The lowest BCUT2D eigenvalue weighted by Gasteiger charge is -2.12. The van der Waals surface area contributed by atoms with Crippen molar-refractivity contribution in [2.45, 2.75) is 19.2 Å². The Morgan fingerprint density at radius 3 is 2.06 bits per heavy atom. The molecular weight excluding hydrogens is 422 g/mol. The maximum atomic E-state index is 12.9. The summed E-state index contributed by atoms with van der Waals surface area (Å²) in [6, 6.07) is 12.4. The Labute approximate surface area is 173 Å². The van der Waals surface area contributed by atoms with E-state index in [1.54, 1.807) is 18.3 Å². The van der Waals surface area contributed by atoms with E-state index in [9.17, 15) is 27.5 Å². The van der Waals surface area contributed by atoms with Crippen LogP contribution < -0.4 is 5.32 Å². The van der Waals surface area contributed by atoms with E-state index in [0.29, 0.717) is 11.3 Å². The van der Waals surface area contributed by atoms with Crippen LogP contribution in [-0.4, -0.2) is 38.5 Å². The van der Waals surface area contributed by atoms with Crippen LogP contribution in [0.15, 0.2) is 54.7 Å². The number of aliphatic hydroxyl groups excluding tert-OH is 1. The summed E-state index contributed by atoms with van der Waals surface area (Å²) in [4.78, 5) is 21.0. The summed E-state index contributed by atoms with van der Waals surface area (Å²) in [6.45, 7) is 1.93. The Kier molecular flexibility index (Phi) is 7.48. The van der Waals surface area contributed by atoms with Crippen molar-refractivity contribution in [2.75, 3.05) is 5.32 Å². The average molecular weight is 439 g/mol. The summed E-state index contributed by atoms with van der Waals surface area (Å²) in [5.74, 6) is -3.75. The minimum Gasteiger partial charge on any atom is -0.475 e. The van der Waals surface area contributed by atoms with Crippen LogP contribution in [0.5, 0.6) is 0 Å². The molecule has 0 spiro atoms. The van der Waals surface area contributed by atoms with Gasteiger partial charge in [-0.15, -0.1) is 0 Å². The highest BCUT2D eigenvalue weighted by molar-refractivity contribution is 5.94. The Morgan fingerprint density at radius 2 is 1.61 bits per heavy atom. The molecule has 164 valence electrons. The summed E-state index contributed by atoms with van der Waals surface area (Å²) < 4.78 is 44.6. The average Bonchev–Trinajstić information content (AvgIpc) is 3.14. The number of hydrogen-bond acceptors (Lipinski definition) is 4. The number of nitrogens with zero attached hydrogens (tertiary/aromatic N) is 1. The SMILES string of the molecule is Cc1[nH]ncc1-c1ccc(NC(=O)C(O)c2ccc(F)cc2)cc1.O=C(O)C(F)(F)F. The maximum Gasteiger partial charge on any atom is 0.490 e. The van der Waals surface area contributed by atoms with Crippen LogP contribution in [0, 0.1) is 12.7 Å². The maximum absolute atomic E-state index is 12.9. The minimum atomic E-state index is -5.08. The molecule has 1 atom stereocenters. The van der Waals surface area contributed by atoms with E-state index < -0.39 is 30.0 Å². The van der Waals surface area contributed by atoms with Gasteiger partial charge in [0.05, 0.1) is 6.20 Å². The molecule has 2 aromatic carbocycles. The number of aliphatic carboxylic acids is 1. The molecule has 0 fully saturated rings. The van der Waals surface area contributed by atoms with Crippen LogP contribution >= 0.6 is 0 Å². The van der Waals surface area contributed by atoms with E-state index >= 15 is 0 Å². The molecule has 11 heteroatoms. The molecule has 0 saturated heterocycles. The molecule has 0 saturated carbocycles. The molecule has 31 heavy (non-hydrogen) atoms. The lowest BCUT2D eigenvalue weighted by molar-refractivity contribution is -0.192. The standard InChI is InChI=1S/C18H16FN3O2.C2HF3O2/c1-11-16(10-20-22-11)12-4-8-15(9-5-12)21-18(24)17(23)13-2-6-14(19)7-3-13;3-2(4,5)1(6)7/h2-10,17,23H,1H3,(H,20,22)(H,21,24);(H,6,7). The Bertz CT molecular complexity index is 1030. The number of nitrogens with one attached hydrogen (secondary N) is 2. The number of amides is 1. The van der Waals surface area contributed by atoms with Gasteiger partial charge in [-0.2, -0.15) is 18.3 Å². The van der Waals surface area contributed by atoms with Gasteiger partial charge in [0.2, 0.25) is 0 Å². The van der Waals surface area contributed by atoms with Gasteiger partial charge in [-0.1, -0.05) is 24.3 Å². The summed E-state index contributed by atoms with van der Waals surface area (Å²) in [5, 5.41) is 26.6. The van der Waals surface area contributed by atoms with Gasteiger partial charge in [-0.25, -0.2) is 9.18 Å². The number of hydrogen-bond donors (Lipinski definition) is 4. The molecule has 3 rings (SSSR count). The molecule has 3 aromatic rings. The van der Waals surface area contributed by atoms with Crippen LogP contribution in [-0.2, 0) is 9.59 Å². The molecule has 1 amide bonds. The van der Waals surface area contributed by atoms with Crippen molar-refractivity contribution in [3.05, 3.63) is 71.8 Å². The first-order valence-corrected chi connectivity index (χ1v) is 8.64. The minimum absolute atomic E-state index is 0.333. The first-order chi connectivity index (χ1) is 14.5. The zero-order valence-electron chi connectivity index (χ0n) is 15.9. The van der Waals surface area contributed by atoms with Gasteiger partial charge in [0.25, 0.3) is 5.91 Å². The van der Waals surface area contributed by atoms with E-state index in [0.717, 1.165) is 16.8 Å². The fourth-order valence-corrected chi connectivity index (χ4v) is 2.38. The molecule has 0 radical (unpaired) electrons. The topological polar surface area (TPSA) is 115 Å². The number of anilines is 1. The van der Waals surface area contributed by atoms with E-state index in [1.807, 2.05) is 19.1 Å². The Morgan fingerprint density at radius 1 is 1.06 bits per heavy atom. The second-order valence-corrected chi connectivity index (χ2v) is 6.23. The van der Waals surface area contributed by atoms with Crippen LogP contribution in [0.4, 0.5) is 23.2 Å². The molecule has 1 unspecified atom stereocenters. The number of aryl methyl sites for hydroxylation is 1. The van der Waals surface area contributed by atoms with Gasteiger partial charge < -0.3 is 15.5 Å². The highest BCUT2D eigenvalue weighted by Crippen LogP contribution is 2.24. The number of carbonyl (C=O) groups excluding carboxylic acids is 1. The summed E-state index contributed by atoms with van der Waals surface area (Å²) in [7, 11) is 0. The lowest BCUT2D eigenvalue weighted by Crippen LogP contribution is -2.21. The number of aliphatic hydroxyl groups is 1. The zero-order chi connectivity index (χ0) is 23.2. The van der Waals surface area contributed by atoms with Gasteiger partial charge in [0, 0.05) is 16.9 Å². The van der Waals surface area contributed by atoms with Crippen molar-refractivity contribution in [1.29, 1.82) is 0 Å². The second kappa shape index (κ2) is 9.85.